The number of rotatable bonds is 2. The second-order valence-electron chi connectivity index (χ2n) is 4.16. The maximum Gasteiger partial charge on any atom is 0.131 e. The Labute approximate surface area is 103 Å². The molecule has 94 valence electrons. The van der Waals surface area contributed by atoms with Crippen LogP contribution in [0.25, 0.3) is 0 Å². The Bertz CT molecular complexity index is 561. The largest absolute Gasteiger partial charge is 0.320 e. The summed E-state index contributed by atoms with van der Waals surface area (Å²) in [5.74, 6) is -1.91. The van der Waals surface area contributed by atoms with E-state index < -0.39 is 23.5 Å². The highest BCUT2D eigenvalue weighted by Crippen LogP contribution is 2.25. The zero-order chi connectivity index (χ0) is 13.3. The van der Waals surface area contributed by atoms with Crippen LogP contribution in [0, 0.1) is 24.4 Å². The monoisotopic (exact) mass is 251 g/mol. The first-order chi connectivity index (χ1) is 8.49. The molecular weight excluding hydrogens is 239 g/mol. The summed E-state index contributed by atoms with van der Waals surface area (Å²) in [5.41, 5.74) is 6.72. The average molecular weight is 251 g/mol. The van der Waals surface area contributed by atoms with Gasteiger partial charge in [-0.05, 0) is 30.2 Å². The second-order valence-corrected chi connectivity index (χ2v) is 4.16. The molecule has 18 heavy (non-hydrogen) atoms. The van der Waals surface area contributed by atoms with E-state index >= 15 is 0 Å². The summed E-state index contributed by atoms with van der Waals surface area (Å²) in [6.45, 7) is 1.61. The maximum atomic E-state index is 13.9. The molecule has 0 saturated heterocycles. The summed E-state index contributed by atoms with van der Waals surface area (Å²) in [7, 11) is 0. The Morgan fingerprint density at radius 3 is 2.22 bits per heavy atom. The molecule has 0 bridgehead atoms. The molecule has 2 rings (SSSR count). The van der Waals surface area contributed by atoms with Gasteiger partial charge in [0, 0.05) is 11.6 Å². The van der Waals surface area contributed by atoms with Gasteiger partial charge in [0.15, 0.2) is 0 Å². The molecular formula is C14H12F3N. The molecule has 4 heteroatoms. The Kier molecular flexibility index (Phi) is 3.39. The van der Waals surface area contributed by atoms with Crippen molar-refractivity contribution in [2.24, 2.45) is 5.73 Å². The third-order valence-electron chi connectivity index (χ3n) is 2.80. The molecule has 1 nitrogen and oxygen atoms in total. The summed E-state index contributed by atoms with van der Waals surface area (Å²) < 4.78 is 40.1. The van der Waals surface area contributed by atoms with E-state index in [0.717, 1.165) is 18.2 Å². The van der Waals surface area contributed by atoms with E-state index in [1.54, 1.807) is 19.1 Å². The topological polar surface area (TPSA) is 26.0 Å². The lowest BCUT2D eigenvalue weighted by molar-refractivity contribution is 0.570. The number of hydrogen-bond acceptors (Lipinski definition) is 1. The molecule has 0 radical (unpaired) electrons. The molecule has 0 aromatic heterocycles. The fraction of sp³-hybridized carbons (Fsp3) is 0.143. The molecule has 2 aromatic rings. The van der Waals surface area contributed by atoms with Crippen LogP contribution in [0.3, 0.4) is 0 Å². The predicted octanol–water partition coefficient (Wildman–Crippen LogP) is 3.46. The molecule has 0 heterocycles. The third-order valence-corrected chi connectivity index (χ3v) is 2.80. The van der Waals surface area contributed by atoms with E-state index in [0.29, 0.717) is 5.56 Å². The van der Waals surface area contributed by atoms with Crippen molar-refractivity contribution in [3.63, 3.8) is 0 Å². The van der Waals surface area contributed by atoms with Crippen molar-refractivity contribution in [2.45, 2.75) is 13.0 Å². The van der Waals surface area contributed by atoms with Crippen LogP contribution in [-0.2, 0) is 0 Å². The highest BCUT2D eigenvalue weighted by atomic mass is 19.1. The highest BCUT2D eigenvalue weighted by molar-refractivity contribution is 5.35. The van der Waals surface area contributed by atoms with E-state index in [9.17, 15) is 13.2 Å². The van der Waals surface area contributed by atoms with Crippen LogP contribution in [0.1, 0.15) is 22.7 Å². The number of hydrogen-bond donors (Lipinski definition) is 1. The lowest BCUT2D eigenvalue weighted by Crippen LogP contribution is -2.14. The van der Waals surface area contributed by atoms with Gasteiger partial charge in [-0.25, -0.2) is 13.2 Å². The molecule has 1 unspecified atom stereocenters. The first-order valence-electron chi connectivity index (χ1n) is 5.45. The number of aryl methyl sites for hydroxylation is 1. The predicted molar refractivity (Wildman–Crippen MR) is 63.5 cm³/mol. The quantitative estimate of drug-likeness (QED) is 0.869. The van der Waals surface area contributed by atoms with Crippen molar-refractivity contribution in [3.05, 3.63) is 70.5 Å². The summed E-state index contributed by atoms with van der Waals surface area (Å²) in [5, 5.41) is 0. The maximum absolute atomic E-state index is 13.9. The van der Waals surface area contributed by atoms with E-state index in [4.69, 9.17) is 5.73 Å². The molecule has 2 N–H and O–H groups in total. The smallest absolute Gasteiger partial charge is 0.131 e. The van der Waals surface area contributed by atoms with Crippen LogP contribution < -0.4 is 5.73 Å². The van der Waals surface area contributed by atoms with Gasteiger partial charge in [0.05, 0.1) is 6.04 Å². The fourth-order valence-electron chi connectivity index (χ4n) is 1.84. The Morgan fingerprint density at radius 2 is 1.61 bits per heavy atom. The zero-order valence-corrected chi connectivity index (χ0v) is 9.75. The van der Waals surface area contributed by atoms with E-state index in [-0.39, 0.29) is 11.1 Å². The molecule has 2 aromatic carbocycles. The van der Waals surface area contributed by atoms with Crippen molar-refractivity contribution in [1.82, 2.24) is 0 Å². The summed E-state index contributed by atoms with van der Waals surface area (Å²) >= 11 is 0. The van der Waals surface area contributed by atoms with Gasteiger partial charge in [0.1, 0.15) is 17.5 Å². The van der Waals surface area contributed by atoms with Crippen LogP contribution in [0.15, 0.2) is 36.4 Å². The Morgan fingerprint density at radius 1 is 1.00 bits per heavy atom. The standard InChI is InChI=1S/C14H12F3N/c1-8-3-2-4-12(13(8)17)14(18)9-5-10(15)7-11(16)6-9/h2-7,14H,18H2,1H3. The summed E-state index contributed by atoms with van der Waals surface area (Å²) in [4.78, 5) is 0. The molecule has 0 aliphatic carbocycles. The normalized spacial score (nSPS) is 12.5. The molecule has 0 saturated carbocycles. The van der Waals surface area contributed by atoms with Crippen molar-refractivity contribution >= 4 is 0 Å². The van der Waals surface area contributed by atoms with Crippen molar-refractivity contribution < 1.29 is 13.2 Å². The molecule has 0 spiro atoms. The lowest BCUT2D eigenvalue weighted by atomic mass is 9.97. The van der Waals surface area contributed by atoms with Crippen LogP contribution in [0.2, 0.25) is 0 Å². The van der Waals surface area contributed by atoms with Gasteiger partial charge < -0.3 is 5.73 Å². The molecule has 0 aliphatic heterocycles. The molecule has 0 amide bonds. The molecule has 0 aliphatic rings. The van der Waals surface area contributed by atoms with Crippen LogP contribution >= 0.6 is 0 Å². The minimum absolute atomic E-state index is 0.206. The first kappa shape index (κ1) is 12.6. The average Bonchev–Trinajstić information content (AvgIpc) is 2.30. The zero-order valence-electron chi connectivity index (χ0n) is 9.75. The first-order valence-corrected chi connectivity index (χ1v) is 5.45. The van der Waals surface area contributed by atoms with Gasteiger partial charge >= 0.3 is 0 Å². The minimum Gasteiger partial charge on any atom is -0.320 e. The minimum atomic E-state index is -0.893. The number of halogens is 3. The van der Waals surface area contributed by atoms with E-state index in [1.807, 2.05) is 0 Å². The van der Waals surface area contributed by atoms with Crippen LogP contribution in [0.4, 0.5) is 13.2 Å². The van der Waals surface area contributed by atoms with E-state index in [2.05, 4.69) is 0 Å². The SMILES string of the molecule is Cc1cccc(C(N)c2cc(F)cc(F)c2)c1F. The van der Waals surface area contributed by atoms with Gasteiger partial charge in [-0.15, -0.1) is 0 Å². The highest BCUT2D eigenvalue weighted by Gasteiger charge is 2.16. The third kappa shape index (κ3) is 2.38. The lowest BCUT2D eigenvalue weighted by Gasteiger charge is -2.14. The summed E-state index contributed by atoms with van der Waals surface area (Å²) in [6.07, 6.45) is 0. The Balaban J connectivity index is 2.47. The van der Waals surface area contributed by atoms with Crippen molar-refractivity contribution in [2.75, 3.05) is 0 Å². The van der Waals surface area contributed by atoms with Crippen molar-refractivity contribution in [3.8, 4) is 0 Å². The fourth-order valence-corrected chi connectivity index (χ4v) is 1.84. The van der Waals surface area contributed by atoms with Crippen LogP contribution in [-0.4, -0.2) is 0 Å². The molecule has 1 atom stereocenters. The Hall–Kier alpha value is -1.81. The number of benzene rings is 2. The molecule has 0 fully saturated rings. The van der Waals surface area contributed by atoms with Gasteiger partial charge in [0.25, 0.3) is 0 Å². The number of nitrogens with two attached hydrogens (primary N) is 1. The van der Waals surface area contributed by atoms with Crippen LogP contribution in [0.5, 0.6) is 0 Å². The van der Waals surface area contributed by atoms with Crippen molar-refractivity contribution in [1.29, 1.82) is 0 Å². The van der Waals surface area contributed by atoms with Gasteiger partial charge in [0.2, 0.25) is 0 Å². The summed E-state index contributed by atoms with van der Waals surface area (Å²) in [6, 6.07) is 6.85. The van der Waals surface area contributed by atoms with E-state index in [1.165, 1.54) is 6.07 Å². The van der Waals surface area contributed by atoms with Gasteiger partial charge in [-0.3, -0.25) is 0 Å². The van der Waals surface area contributed by atoms with Gasteiger partial charge in [-0.2, -0.15) is 0 Å². The second kappa shape index (κ2) is 4.82. The van der Waals surface area contributed by atoms with Gasteiger partial charge in [-0.1, -0.05) is 18.2 Å².